The summed E-state index contributed by atoms with van der Waals surface area (Å²) in [6.07, 6.45) is 0. The Kier molecular flexibility index (Phi) is 1.94. The predicted molar refractivity (Wildman–Crippen MR) is 65.3 cm³/mol. The number of imidazole rings is 1. The number of benzene rings is 1. The van der Waals surface area contributed by atoms with Gasteiger partial charge in [0.2, 0.25) is 0 Å². The van der Waals surface area contributed by atoms with Gasteiger partial charge in [-0.15, -0.1) is 0 Å². The van der Waals surface area contributed by atoms with Crippen LogP contribution in [0.15, 0.2) is 36.4 Å². The van der Waals surface area contributed by atoms with Gasteiger partial charge in [0.25, 0.3) is 0 Å². The van der Waals surface area contributed by atoms with E-state index in [-0.39, 0.29) is 0 Å². The molecule has 3 heteroatoms. The summed E-state index contributed by atoms with van der Waals surface area (Å²) < 4.78 is 2.14. The topological polar surface area (TPSA) is 43.3 Å². The van der Waals surface area contributed by atoms with Crippen molar-refractivity contribution in [2.75, 3.05) is 0 Å². The monoisotopic (exact) mass is 211 g/mol. The lowest BCUT2D eigenvalue weighted by Crippen LogP contribution is -2.03. The number of nitrogens with two attached hydrogens (primary N) is 1. The fourth-order valence-corrected chi connectivity index (χ4v) is 2.20. The van der Waals surface area contributed by atoms with Gasteiger partial charge < -0.3 is 5.73 Å². The number of nitrogens with zero attached hydrogens (tertiary/aromatic N) is 2. The molecule has 0 bridgehead atoms. The van der Waals surface area contributed by atoms with E-state index in [0.29, 0.717) is 6.54 Å². The Balaban J connectivity index is 2.57. The molecule has 0 saturated heterocycles. The number of fused-ring (bicyclic) bond motifs is 3. The molecule has 0 saturated carbocycles. The first-order valence-corrected chi connectivity index (χ1v) is 5.37. The zero-order valence-electron chi connectivity index (χ0n) is 9.14. The Morgan fingerprint density at radius 2 is 2.00 bits per heavy atom. The molecule has 1 aromatic carbocycles. The molecule has 0 unspecified atom stereocenters. The van der Waals surface area contributed by atoms with Crippen LogP contribution in [0, 0.1) is 6.92 Å². The van der Waals surface area contributed by atoms with Crippen molar-refractivity contribution in [3.8, 4) is 0 Å². The van der Waals surface area contributed by atoms with Crippen LogP contribution >= 0.6 is 0 Å². The molecule has 0 aliphatic carbocycles. The quantitative estimate of drug-likeness (QED) is 0.671. The van der Waals surface area contributed by atoms with Crippen molar-refractivity contribution in [3.63, 3.8) is 0 Å². The van der Waals surface area contributed by atoms with Gasteiger partial charge in [-0.2, -0.15) is 0 Å². The van der Waals surface area contributed by atoms with E-state index >= 15 is 0 Å². The Morgan fingerprint density at radius 1 is 1.19 bits per heavy atom. The average Bonchev–Trinajstić information content (AvgIpc) is 2.65. The van der Waals surface area contributed by atoms with Crippen LogP contribution in [0.25, 0.3) is 16.6 Å². The van der Waals surface area contributed by atoms with Gasteiger partial charge in [-0.3, -0.25) is 4.40 Å². The fourth-order valence-electron chi connectivity index (χ4n) is 2.20. The van der Waals surface area contributed by atoms with Gasteiger partial charge in [0, 0.05) is 6.54 Å². The maximum Gasteiger partial charge on any atom is 0.137 e. The minimum absolute atomic E-state index is 0.515. The highest BCUT2D eigenvalue weighted by Gasteiger charge is 2.08. The molecule has 3 aromatic rings. The zero-order valence-corrected chi connectivity index (χ0v) is 9.14. The van der Waals surface area contributed by atoms with Crippen molar-refractivity contribution in [2.24, 2.45) is 5.73 Å². The second kappa shape index (κ2) is 3.32. The third-order valence-corrected chi connectivity index (χ3v) is 2.98. The minimum atomic E-state index is 0.515. The highest BCUT2D eigenvalue weighted by Crippen LogP contribution is 2.20. The van der Waals surface area contributed by atoms with E-state index in [0.717, 1.165) is 17.0 Å². The van der Waals surface area contributed by atoms with Crippen LogP contribution in [-0.2, 0) is 6.54 Å². The molecule has 0 aliphatic rings. The van der Waals surface area contributed by atoms with Crippen LogP contribution in [-0.4, -0.2) is 9.38 Å². The Bertz CT molecular complexity index is 667. The summed E-state index contributed by atoms with van der Waals surface area (Å²) in [5.41, 5.74) is 10.0. The number of hydrogen-bond donors (Lipinski definition) is 1. The van der Waals surface area contributed by atoms with Gasteiger partial charge in [-0.1, -0.05) is 18.2 Å². The largest absolute Gasteiger partial charge is 0.325 e. The average molecular weight is 211 g/mol. The molecule has 0 spiro atoms. The van der Waals surface area contributed by atoms with Crippen LogP contribution in [0.2, 0.25) is 0 Å². The predicted octanol–water partition coefficient (Wildman–Crippen LogP) is 2.25. The van der Waals surface area contributed by atoms with Crippen molar-refractivity contribution in [3.05, 3.63) is 47.8 Å². The maximum atomic E-state index is 5.79. The third-order valence-electron chi connectivity index (χ3n) is 2.98. The highest BCUT2D eigenvalue weighted by molar-refractivity contribution is 5.82. The van der Waals surface area contributed by atoms with Gasteiger partial charge in [-0.05, 0) is 30.5 Å². The molecule has 0 aliphatic heterocycles. The number of rotatable bonds is 1. The highest BCUT2D eigenvalue weighted by atomic mass is 15.0. The first kappa shape index (κ1) is 9.36. The number of hydrogen-bond acceptors (Lipinski definition) is 2. The van der Waals surface area contributed by atoms with Gasteiger partial charge in [0.1, 0.15) is 5.65 Å². The van der Waals surface area contributed by atoms with Crippen molar-refractivity contribution in [1.82, 2.24) is 9.38 Å². The molecule has 0 radical (unpaired) electrons. The Morgan fingerprint density at radius 3 is 2.81 bits per heavy atom. The van der Waals surface area contributed by atoms with Crippen molar-refractivity contribution in [1.29, 1.82) is 0 Å². The maximum absolute atomic E-state index is 5.79. The molecule has 3 nitrogen and oxygen atoms in total. The van der Waals surface area contributed by atoms with E-state index in [4.69, 9.17) is 5.73 Å². The standard InChI is InChI=1S/C13H13N3/c1-9-12(8-14)16-11-5-3-2-4-10(11)6-7-13(16)15-9/h2-7H,8,14H2,1H3. The molecular formula is C13H13N3. The third kappa shape index (κ3) is 1.15. The van der Waals surface area contributed by atoms with Gasteiger partial charge in [-0.25, -0.2) is 4.98 Å². The molecule has 2 N–H and O–H groups in total. The number of aryl methyl sites for hydroxylation is 1. The second-order valence-corrected chi connectivity index (χ2v) is 3.93. The van der Waals surface area contributed by atoms with Crippen molar-refractivity contribution in [2.45, 2.75) is 13.5 Å². The van der Waals surface area contributed by atoms with Crippen LogP contribution in [0.4, 0.5) is 0 Å². The summed E-state index contributed by atoms with van der Waals surface area (Å²) in [6, 6.07) is 12.4. The molecule has 3 rings (SSSR count). The Hall–Kier alpha value is -1.87. The van der Waals surface area contributed by atoms with E-state index in [1.807, 2.05) is 25.1 Å². The molecule has 2 aromatic heterocycles. The lowest BCUT2D eigenvalue weighted by Gasteiger charge is -2.04. The summed E-state index contributed by atoms with van der Waals surface area (Å²) in [7, 11) is 0. The zero-order chi connectivity index (χ0) is 11.1. The lowest BCUT2D eigenvalue weighted by atomic mass is 10.2. The van der Waals surface area contributed by atoms with Crippen LogP contribution in [0.3, 0.4) is 0 Å². The number of aromatic nitrogens is 2. The van der Waals surface area contributed by atoms with E-state index in [1.165, 1.54) is 10.9 Å². The van der Waals surface area contributed by atoms with E-state index < -0.39 is 0 Å². The molecule has 0 atom stereocenters. The molecule has 0 fully saturated rings. The van der Waals surface area contributed by atoms with Crippen LogP contribution in [0.1, 0.15) is 11.4 Å². The molecule has 16 heavy (non-hydrogen) atoms. The minimum Gasteiger partial charge on any atom is -0.325 e. The van der Waals surface area contributed by atoms with Gasteiger partial charge >= 0.3 is 0 Å². The van der Waals surface area contributed by atoms with E-state index in [1.54, 1.807) is 0 Å². The normalized spacial score (nSPS) is 11.4. The summed E-state index contributed by atoms with van der Waals surface area (Å²) in [5.74, 6) is 0. The molecule has 0 amide bonds. The van der Waals surface area contributed by atoms with E-state index in [2.05, 4.69) is 27.6 Å². The first-order chi connectivity index (χ1) is 7.81. The van der Waals surface area contributed by atoms with Crippen molar-refractivity contribution < 1.29 is 0 Å². The van der Waals surface area contributed by atoms with Crippen LogP contribution < -0.4 is 5.73 Å². The molecule has 80 valence electrons. The van der Waals surface area contributed by atoms with Gasteiger partial charge in [0.05, 0.1) is 16.9 Å². The molecule has 2 heterocycles. The summed E-state index contributed by atoms with van der Waals surface area (Å²) in [4.78, 5) is 4.52. The Labute approximate surface area is 93.5 Å². The molecular weight excluding hydrogens is 198 g/mol. The second-order valence-electron chi connectivity index (χ2n) is 3.93. The fraction of sp³-hybridized carbons (Fsp3) is 0.154. The first-order valence-electron chi connectivity index (χ1n) is 5.37. The van der Waals surface area contributed by atoms with E-state index in [9.17, 15) is 0 Å². The summed E-state index contributed by atoms with van der Waals surface area (Å²) >= 11 is 0. The van der Waals surface area contributed by atoms with Gasteiger partial charge in [0.15, 0.2) is 0 Å². The smallest absolute Gasteiger partial charge is 0.137 e. The lowest BCUT2D eigenvalue weighted by molar-refractivity contribution is 0.961. The van der Waals surface area contributed by atoms with Crippen LogP contribution in [0.5, 0.6) is 0 Å². The van der Waals surface area contributed by atoms with Crippen molar-refractivity contribution >= 4 is 16.6 Å². The summed E-state index contributed by atoms with van der Waals surface area (Å²) in [6.45, 7) is 2.52. The SMILES string of the molecule is Cc1nc2ccc3ccccc3n2c1CN. The number of para-hydroxylation sites is 1. The summed E-state index contributed by atoms with van der Waals surface area (Å²) in [5, 5.41) is 1.21. The number of pyridine rings is 1.